The highest BCUT2D eigenvalue weighted by atomic mass is 79.9. The number of carbonyl (C=O) groups excluding carboxylic acids is 2. The number of hydrogen-bond donors (Lipinski definition) is 2. The first-order valence-electron chi connectivity index (χ1n) is 8.91. The van der Waals surface area contributed by atoms with Crippen LogP contribution in [0.2, 0.25) is 0 Å². The third kappa shape index (κ3) is 4.63. The lowest BCUT2D eigenvalue weighted by molar-refractivity contribution is -0.122. The lowest BCUT2D eigenvalue weighted by atomic mass is 9.86. The van der Waals surface area contributed by atoms with Crippen molar-refractivity contribution < 1.29 is 9.59 Å². The molecule has 0 bridgehead atoms. The average Bonchev–Trinajstić information content (AvgIpc) is 2.89. The van der Waals surface area contributed by atoms with Crippen molar-refractivity contribution in [3.8, 4) is 0 Å². The van der Waals surface area contributed by atoms with Gasteiger partial charge in [0.2, 0.25) is 5.91 Å². The minimum absolute atomic E-state index is 0.313. The first-order chi connectivity index (χ1) is 12.1. The Labute approximate surface area is 162 Å². The third-order valence-electron chi connectivity index (χ3n) is 4.33. The van der Waals surface area contributed by atoms with Gasteiger partial charge in [0.05, 0.1) is 5.52 Å². The number of primary amides is 1. The molecular formula is C19H27BrN4O2. The van der Waals surface area contributed by atoms with Crippen LogP contribution >= 0.6 is 15.9 Å². The van der Waals surface area contributed by atoms with Gasteiger partial charge in [-0.3, -0.25) is 14.3 Å². The molecule has 0 spiro atoms. The lowest BCUT2D eigenvalue weighted by Gasteiger charge is -2.28. The van der Waals surface area contributed by atoms with E-state index in [1.807, 2.05) is 43.7 Å². The predicted octanol–water partition coefficient (Wildman–Crippen LogP) is 3.62. The largest absolute Gasteiger partial charge is 0.368 e. The number of unbranched alkanes of at least 4 members (excludes halogenated alkanes) is 2. The first kappa shape index (κ1) is 20.4. The first-order valence-corrected chi connectivity index (χ1v) is 9.70. The molecule has 6 nitrogen and oxygen atoms in total. The molecule has 2 amide bonds. The molecule has 0 aliphatic carbocycles. The van der Waals surface area contributed by atoms with Gasteiger partial charge in [0.25, 0.3) is 5.91 Å². The molecule has 26 heavy (non-hydrogen) atoms. The molecule has 0 radical (unpaired) electrons. The molecule has 1 aromatic carbocycles. The van der Waals surface area contributed by atoms with Crippen LogP contribution in [0.15, 0.2) is 22.7 Å². The van der Waals surface area contributed by atoms with Gasteiger partial charge >= 0.3 is 0 Å². The number of aromatic nitrogens is 2. The highest BCUT2D eigenvalue weighted by molar-refractivity contribution is 9.10. The summed E-state index contributed by atoms with van der Waals surface area (Å²) >= 11 is 3.45. The number of halogens is 1. The quantitative estimate of drug-likeness (QED) is 0.667. The second-order valence-corrected chi connectivity index (χ2v) is 8.53. The molecule has 3 N–H and O–H groups in total. The highest BCUT2D eigenvalue weighted by Crippen LogP contribution is 2.25. The summed E-state index contributed by atoms with van der Waals surface area (Å²) in [7, 11) is 0. The van der Waals surface area contributed by atoms with Gasteiger partial charge in [-0.1, -0.05) is 56.5 Å². The maximum Gasteiger partial charge on any atom is 0.273 e. The summed E-state index contributed by atoms with van der Waals surface area (Å²) in [5, 5.41) is 8.04. The molecule has 142 valence electrons. The van der Waals surface area contributed by atoms with Crippen molar-refractivity contribution >= 4 is 38.6 Å². The number of nitrogens with one attached hydrogen (secondary N) is 1. The van der Waals surface area contributed by atoms with Gasteiger partial charge in [-0.15, -0.1) is 0 Å². The van der Waals surface area contributed by atoms with E-state index in [1.165, 1.54) is 0 Å². The standard InChI is InChI=1S/C19H27BrN4O2/c1-5-6-7-10-24-14-9-8-12(20)11-13(14)15(23-24)18(26)22-16(17(21)25)19(2,3)4/h8-9,11,16H,5-7,10H2,1-4H3,(H2,21,25)(H,22,26)/t16-/m1/s1. The Bertz CT molecular complexity index is 808. The van der Waals surface area contributed by atoms with Crippen molar-refractivity contribution in [2.24, 2.45) is 11.1 Å². The summed E-state index contributed by atoms with van der Waals surface area (Å²) < 4.78 is 2.73. The Morgan fingerprint density at radius 2 is 2.00 bits per heavy atom. The van der Waals surface area contributed by atoms with Crippen molar-refractivity contribution in [3.63, 3.8) is 0 Å². The van der Waals surface area contributed by atoms with Crippen LogP contribution in [0.5, 0.6) is 0 Å². The van der Waals surface area contributed by atoms with E-state index in [-0.39, 0.29) is 5.91 Å². The predicted molar refractivity (Wildman–Crippen MR) is 107 cm³/mol. The van der Waals surface area contributed by atoms with Crippen LogP contribution in [0, 0.1) is 5.41 Å². The van der Waals surface area contributed by atoms with E-state index in [1.54, 1.807) is 0 Å². The minimum atomic E-state index is -0.776. The van der Waals surface area contributed by atoms with E-state index in [4.69, 9.17) is 5.73 Å². The highest BCUT2D eigenvalue weighted by Gasteiger charge is 2.32. The Hall–Kier alpha value is -1.89. The Morgan fingerprint density at radius 3 is 2.58 bits per heavy atom. The molecule has 0 fully saturated rings. The van der Waals surface area contributed by atoms with Crippen LogP contribution in [0.4, 0.5) is 0 Å². The lowest BCUT2D eigenvalue weighted by Crippen LogP contribution is -2.52. The summed E-state index contributed by atoms with van der Waals surface area (Å²) in [6.07, 6.45) is 3.22. The van der Waals surface area contributed by atoms with Gasteiger partial charge in [0.1, 0.15) is 6.04 Å². The summed E-state index contributed by atoms with van der Waals surface area (Å²) in [5.74, 6) is -0.945. The number of rotatable bonds is 7. The molecule has 1 heterocycles. The summed E-state index contributed by atoms with van der Waals surface area (Å²) in [5.41, 5.74) is 6.22. The van der Waals surface area contributed by atoms with Crippen LogP contribution in [-0.4, -0.2) is 27.6 Å². The van der Waals surface area contributed by atoms with Crippen LogP contribution in [0.25, 0.3) is 10.9 Å². The van der Waals surface area contributed by atoms with Crippen molar-refractivity contribution in [2.45, 2.75) is 59.5 Å². The zero-order valence-electron chi connectivity index (χ0n) is 15.8. The zero-order chi connectivity index (χ0) is 19.5. The zero-order valence-corrected chi connectivity index (χ0v) is 17.4. The van der Waals surface area contributed by atoms with Gasteiger partial charge in [-0.2, -0.15) is 5.10 Å². The summed E-state index contributed by atoms with van der Waals surface area (Å²) in [6.45, 7) is 8.48. The van der Waals surface area contributed by atoms with E-state index in [0.717, 1.165) is 41.2 Å². The van der Waals surface area contributed by atoms with Crippen LogP contribution < -0.4 is 11.1 Å². The Balaban J connectivity index is 2.39. The molecule has 2 aromatic rings. The molecule has 1 aromatic heterocycles. The molecule has 0 aliphatic heterocycles. The van der Waals surface area contributed by atoms with Crippen LogP contribution in [0.3, 0.4) is 0 Å². The average molecular weight is 423 g/mol. The summed E-state index contributed by atoms with van der Waals surface area (Å²) in [4.78, 5) is 24.6. The SMILES string of the molecule is CCCCCn1nc(C(=O)N[C@H](C(N)=O)C(C)(C)C)c2cc(Br)ccc21. The van der Waals surface area contributed by atoms with Gasteiger partial charge in [0.15, 0.2) is 5.69 Å². The third-order valence-corrected chi connectivity index (χ3v) is 4.82. The molecule has 7 heteroatoms. The molecule has 0 aliphatic rings. The van der Waals surface area contributed by atoms with Gasteiger partial charge in [-0.05, 0) is 30.0 Å². The Morgan fingerprint density at radius 1 is 1.31 bits per heavy atom. The fraction of sp³-hybridized carbons (Fsp3) is 0.526. The number of hydrogen-bond acceptors (Lipinski definition) is 3. The number of nitrogens with two attached hydrogens (primary N) is 1. The number of fused-ring (bicyclic) bond motifs is 1. The molecule has 1 atom stereocenters. The number of aryl methyl sites for hydroxylation is 1. The number of nitrogens with zero attached hydrogens (tertiary/aromatic N) is 2. The van der Waals surface area contributed by atoms with Gasteiger partial charge in [0, 0.05) is 16.4 Å². The minimum Gasteiger partial charge on any atom is -0.368 e. The number of benzene rings is 1. The van der Waals surface area contributed by atoms with Gasteiger partial charge in [-0.25, -0.2) is 0 Å². The maximum atomic E-state index is 12.9. The van der Waals surface area contributed by atoms with Gasteiger partial charge < -0.3 is 11.1 Å². The van der Waals surface area contributed by atoms with Crippen LogP contribution in [0.1, 0.15) is 57.4 Å². The summed E-state index contributed by atoms with van der Waals surface area (Å²) in [6, 6.07) is 4.99. The van der Waals surface area contributed by atoms with Crippen molar-refractivity contribution in [1.82, 2.24) is 15.1 Å². The Kier molecular flexibility index (Phi) is 6.44. The fourth-order valence-electron chi connectivity index (χ4n) is 2.92. The van der Waals surface area contributed by atoms with E-state index in [9.17, 15) is 9.59 Å². The van der Waals surface area contributed by atoms with E-state index in [0.29, 0.717) is 5.69 Å². The smallest absolute Gasteiger partial charge is 0.273 e. The normalized spacial score (nSPS) is 13.0. The van der Waals surface area contributed by atoms with E-state index < -0.39 is 17.4 Å². The second kappa shape index (κ2) is 8.20. The molecule has 2 rings (SSSR count). The topological polar surface area (TPSA) is 90.0 Å². The molecule has 0 saturated heterocycles. The fourth-order valence-corrected chi connectivity index (χ4v) is 3.28. The van der Waals surface area contributed by atoms with Crippen LogP contribution in [-0.2, 0) is 11.3 Å². The monoisotopic (exact) mass is 422 g/mol. The molecular weight excluding hydrogens is 396 g/mol. The van der Waals surface area contributed by atoms with Crippen molar-refractivity contribution in [2.75, 3.05) is 0 Å². The number of carbonyl (C=O) groups is 2. The van der Waals surface area contributed by atoms with Crippen molar-refractivity contribution in [1.29, 1.82) is 0 Å². The maximum absolute atomic E-state index is 12.9. The second-order valence-electron chi connectivity index (χ2n) is 7.62. The van der Waals surface area contributed by atoms with E-state index in [2.05, 4.69) is 33.3 Å². The van der Waals surface area contributed by atoms with Crippen molar-refractivity contribution in [3.05, 3.63) is 28.4 Å². The number of amides is 2. The molecule has 0 unspecified atom stereocenters. The van der Waals surface area contributed by atoms with E-state index >= 15 is 0 Å². The molecule has 0 saturated carbocycles.